The number of aromatic nitrogens is 9. The van der Waals surface area contributed by atoms with Crippen LogP contribution in [0.2, 0.25) is 0 Å². The van der Waals surface area contributed by atoms with Gasteiger partial charge in [0.05, 0.1) is 0 Å². The summed E-state index contributed by atoms with van der Waals surface area (Å²) >= 11 is 7.35. The van der Waals surface area contributed by atoms with Gasteiger partial charge < -0.3 is 22.5 Å². The number of anilines is 4. The van der Waals surface area contributed by atoms with Crippen molar-refractivity contribution in [2.45, 2.75) is 25.8 Å². The van der Waals surface area contributed by atoms with Gasteiger partial charge >= 0.3 is 0 Å². The molecule has 3 rings (SSSR count). The lowest BCUT2D eigenvalue weighted by Gasteiger charge is -2.05. The SMILES string of the molecule is CNc1nc(N)nc(SCCSc2nc(N)nc(SCCSc3nc(N)nc(SC)n3)n2)n1. The smallest absolute Gasteiger partial charge is 0.228 e. The van der Waals surface area contributed by atoms with E-state index in [0.717, 1.165) is 23.0 Å². The lowest BCUT2D eigenvalue weighted by molar-refractivity contribution is 0.812. The van der Waals surface area contributed by atoms with Gasteiger partial charge in [0.2, 0.25) is 23.8 Å². The van der Waals surface area contributed by atoms with Crippen LogP contribution in [0.15, 0.2) is 25.8 Å². The maximum Gasteiger partial charge on any atom is 0.228 e. The second-order valence-corrected chi connectivity index (χ2v) is 10.7. The molecular weight excluding hydrogens is 523 g/mol. The highest BCUT2D eigenvalue weighted by molar-refractivity contribution is 8.03. The van der Waals surface area contributed by atoms with Crippen molar-refractivity contribution in [3.8, 4) is 0 Å². The number of rotatable bonds is 12. The first-order valence-corrected chi connectivity index (χ1v) is 14.4. The maximum atomic E-state index is 5.86. The minimum Gasteiger partial charge on any atom is -0.368 e. The van der Waals surface area contributed by atoms with Crippen molar-refractivity contribution in [1.82, 2.24) is 44.9 Å². The van der Waals surface area contributed by atoms with Crippen LogP contribution in [0, 0.1) is 0 Å². The molecule has 0 aliphatic rings. The summed E-state index contributed by atoms with van der Waals surface area (Å²) in [5, 5.41) is 5.75. The van der Waals surface area contributed by atoms with Crippen LogP contribution < -0.4 is 22.5 Å². The van der Waals surface area contributed by atoms with E-state index in [1.165, 1.54) is 58.8 Å². The Kier molecular flexibility index (Phi) is 10.1. The molecule has 0 aliphatic carbocycles. The average molecular weight is 544 g/mol. The van der Waals surface area contributed by atoms with Crippen molar-refractivity contribution in [2.75, 3.05) is 58.8 Å². The third-order valence-corrected chi connectivity index (χ3v) is 7.81. The Bertz CT molecular complexity index is 993. The topological polar surface area (TPSA) is 206 Å². The number of nitrogens with zero attached hydrogens (tertiary/aromatic N) is 9. The van der Waals surface area contributed by atoms with Crippen molar-refractivity contribution in [3.05, 3.63) is 0 Å². The summed E-state index contributed by atoms with van der Waals surface area (Å²) in [7, 11) is 1.72. The van der Waals surface area contributed by atoms with Crippen molar-refractivity contribution in [3.63, 3.8) is 0 Å². The Hall–Kier alpha value is -2.02. The van der Waals surface area contributed by atoms with Crippen molar-refractivity contribution in [1.29, 1.82) is 0 Å². The van der Waals surface area contributed by atoms with E-state index in [2.05, 4.69) is 50.2 Å². The molecule has 3 aromatic rings. The molecule has 0 fully saturated rings. The first kappa shape index (κ1) is 25.6. The molecule has 7 N–H and O–H groups in total. The van der Waals surface area contributed by atoms with Gasteiger partial charge in [-0.15, -0.1) is 0 Å². The van der Waals surface area contributed by atoms with Crippen LogP contribution in [-0.2, 0) is 0 Å². The molecule has 176 valence electrons. The molecule has 0 bridgehead atoms. The van der Waals surface area contributed by atoms with Crippen LogP contribution in [0.25, 0.3) is 0 Å². The number of nitrogens with one attached hydrogen (secondary N) is 1. The van der Waals surface area contributed by atoms with E-state index in [1.807, 2.05) is 6.26 Å². The molecule has 13 nitrogen and oxygen atoms in total. The third-order valence-electron chi connectivity index (χ3n) is 3.35. The molecule has 0 spiro atoms. The summed E-state index contributed by atoms with van der Waals surface area (Å²) < 4.78 is 0. The van der Waals surface area contributed by atoms with Gasteiger partial charge in [0.15, 0.2) is 25.8 Å². The van der Waals surface area contributed by atoms with Crippen LogP contribution in [0.5, 0.6) is 0 Å². The number of nitrogens with two attached hydrogens (primary N) is 3. The summed E-state index contributed by atoms with van der Waals surface area (Å²) in [4.78, 5) is 37.7. The third kappa shape index (κ3) is 8.69. The van der Waals surface area contributed by atoms with Crippen LogP contribution in [0.4, 0.5) is 23.8 Å². The number of hydrogen-bond donors (Lipinski definition) is 4. The number of hydrogen-bond acceptors (Lipinski definition) is 18. The highest BCUT2D eigenvalue weighted by Crippen LogP contribution is 2.24. The molecule has 0 aliphatic heterocycles. The maximum absolute atomic E-state index is 5.86. The molecule has 0 saturated heterocycles. The highest BCUT2D eigenvalue weighted by Gasteiger charge is 2.09. The van der Waals surface area contributed by atoms with Crippen LogP contribution in [-0.4, -0.2) is 81.2 Å². The van der Waals surface area contributed by atoms with E-state index >= 15 is 0 Å². The summed E-state index contributed by atoms with van der Waals surface area (Å²) in [6.07, 6.45) is 1.89. The first-order chi connectivity index (χ1) is 15.9. The van der Waals surface area contributed by atoms with E-state index in [0.29, 0.717) is 31.7 Å². The molecule has 0 saturated carbocycles. The zero-order valence-electron chi connectivity index (χ0n) is 17.6. The molecule has 33 heavy (non-hydrogen) atoms. The molecule has 0 aromatic carbocycles. The normalized spacial score (nSPS) is 11.0. The zero-order valence-corrected chi connectivity index (χ0v) is 21.7. The van der Waals surface area contributed by atoms with Gasteiger partial charge in [-0.2, -0.15) is 44.9 Å². The number of nitrogen functional groups attached to an aromatic ring is 3. The van der Waals surface area contributed by atoms with Gasteiger partial charge in [-0.1, -0.05) is 58.8 Å². The van der Waals surface area contributed by atoms with E-state index in [4.69, 9.17) is 17.2 Å². The van der Waals surface area contributed by atoms with E-state index in [1.54, 1.807) is 7.05 Å². The second kappa shape index (κ2) is 13.0. The van der Waals surface area contributed by atoms with Crippen LogP contribution >= 0.6 is 58.8 Å². The Morgan fingerprint density at radius 1 is 0.545 bits per heavy atom. The zero-order chi connectivity index (χ0) is 23.6. The predicted molar refractivity (Wildman–Crippen MR) is 137 cm³/mol. The second-order valence-electron chi connectivity index (χ2n) is 5.67. The van der Waals surface area contributed by atoms with Gasteiger partial charge in [-0.3, -0.25) is 0 Å². The Morgan fingerprint density at radius 2 is 0.909 bits per heavy atom. The minimum atomic E-state index is 0.179. The fourth-order valence-electron chi connectivity index (χ4n) is 2.07. The average Bonchev–Trinajstić information content (AvgIpc) is 2.78. The van der Waals surface area contributed by atoms with Crippen molar-refractivity contribution < 1.29 is 0 Å². The summed E-state index contributed by atoms with van der Waals surface area (Å²) in [5.41, 5.74) is 17.3. The van der Waals surface area contributed by atoms with E-state index in [-0.39, 0.29) is 17.8 Å². The van der Waals surface area contributed by atoms with E-state index in [9.17, 15) is 0 Å². The standard InChI is InChI=1S/C15H21N13S5/c1-19-10-20-7(16)22-12(26-10)30-3-4-32-14-24-9(18)25-15(28-14)33-6-5-31-13-23-8(17)21-11(27-13)29-2/h3-6H2,1-2H3,(H2,17,21,23,27)(H2,18,24,25,28)(H3,16,19,20,22,26). The quantitative estimate of drug-likeness (QED) is 0.188. The molecule has 0 amide bonds. The highest BCUT2D eigenvalue weighted by atomic mass is 32.2. The molecule has 3 heterocycles. The molecule has 3 aromatic heterocycles. The Morgan fingerprint density at radius 3 is 1.33 bits per heavy atom. The van der Waals surface area contributed by atoms with Gasteiger partial charge in [-0.25, -0.2) is 0 Å². The molecular formula is C15H21N13S5. The molecule has 0 unspecified atom stereocenters. The molecule has 18 heteroatoms. The monoisotopic (exact) mass is 543 g/mol. The van der Waals surface area contributed by atoms with E-state index < -0.39 is 0 Å². The summed E-state index contributed by atoms with van der Waals surface area (Å²) in [5.74, 6) is 3.97. The van der Waals surface area contributed by atoms with Gasteiger partial charge in [0.1, 0.15) is 0 Å². The largest absolute Gasteiger partial charge is 0.368 e. The molecule has 0 radical (unpaired) electrons. The van der Waals surface area contributed by atoms with Gasteiger partial charge in [0.25, 0.3) is 0 Å². The van der Waals surface area contributed by atoms with Gasteiger partial charge in [0, 0.05) is 30.1 Å². The Labute approximate surface area is 211 Å². The molecule has 0 atom stereocenters. The van der Waals surface area contributed by atoms with Gasteiger partial charge in [-0.05, 0) is 6.26 Å². The van der Waals surface area contributed by atoms with Crippen molar-refractivity contribution >= 4 is 82.6 Å². The van der Waals surface area contributed by atoms with Crippen LogP contribution in [0.3, 0.4) is 0 Å². The fraction of sp³-hybridized carbons (Fsp3) is 0.400. The lowest BCUT2D eigenvalue weighted by atomic mass is 10.9. The summed E-state index contributed by atoms with van der Waals surface area (Å²) in [6.45, 7) is 0. The Balaban J connectivity index is 1.45. The predicted octanol–water partition coefficient (Wildman–Crippen LogP) is 1.52. The lowest BCUT2D eigenvalue weighted by Crippen LogP contribution is -2.05. The van der Waals surface area contributed by atoms with Crippen molar-refractivity contribution in [2.24, 2.45) is 0 Å². The van der Waals surface area contributed by atoms with Crippen LogP contribution in [0.1, 0.15) is 0 Å². The number of thioether (sulfide) groups is 5. The fourth-order valence-corrected chi connectivity index (χ4v) is 5.85. The summed E-state index contributed by atoms with van der Waals surface area (Å²) in [6, 6.07) is 0. The minimum absolute atomic E-state index is 0.179. The first-order valence-electron chi connectivity index (χ1n) is 9.22.